The summed E-state index contributed by atoms with van der Waals surface area (Å²) in [6, 6.07) is 17.4. The van der Waals surface area contributed by atoms with E-state index in [1.165, 1.54) is 11.1 Å². The molecule has 4 fully saturated rings. The smallest absolute Gasteiger partial charge is 0.411 e. The Morgan fingerprint density at radius 1 is 0.792 bits per heavy atom. The first-order valence-corrected chi connectivity index (χ1v) is 17.6. The van der Waals surface area contributed by atoms with E-state index >= 15 is 0 Å². The number of likely N-dealkylation sites (tertiary alicyclic amines) is 1. The Kier molecular flexibility index (Phi) is 7.24. The molecule has 0 bridgehead atoms. The van der Waals surface area contributed by atoms with Crippen molar-refractivity contribution in [3.05, 3.63) is 72.3 Å². The van der Waals surface area contributed by atoms with Crippen LogP contribution >= 0.6 is 0 Å². The molecule has 1 saturated heterocycles. The Morgan fingerprint density at radius 2 is 1.44 bits per heavy atom. The van der Waals surface area contributed by atoms with Crippen LogP contribution < -0.4 is 0 Å². The number of aliphatic imine (C=N–C) groups is 1. The quantitative estimate of drug-likeness (QED) is 0.271. The highest BCUT2D eigenvalue weighted by Gasteiger charge is 2.59. The number of nitrogens with zero attached hydrogens (tertiary/aromatic N) is 3. The summed E-state index contributed by atoms with van der Waals surface area (Å²) in [5.74, 6) is 2.55. The highest BCUT2D eigenvalue weighted by Crippen LogP contribution is 2.59. The minimum absolute atomic E-state index is 0.0491. The molecule has 1 amide bonds. The number of carbonyl (C=O) groups is 2. The first kappa shape index (κ1) is 31.1. The van der Waals surface area contributed by atoms with E-state index in [9.17, 15) is 9.59 Å². The molecule has 8 heteroatoms. The number of carbonyl (C=O) groups excluding carboxylic acids is 2. The van der Waals surface area contributed by atoms with Gasteiger partial charge in [0.05, 0.1) is 23.9 Å². The highest BCUT2D eigenvalue weighted by molar-refractivity contribution is 6.02. The minimum atomic E-state index is -0.527. The summed E-state index contributed by atoms with van der Waals surface area (Å²) in [5, 5.41) is 0. The molecule has 7 atom stereocenters. The Bertz CT molecular complexity index is 1810. The number of H-pyrrole nitrogens is 1. The minimum Gasteiger partial charge on any atom is -0.460 e. The summed E-state index contributed by atoms with van der Waals surface area (Å²) >= 11 is 0. The Morgan fingerprint density at radius 3 is 2.10 bits per heavy atom. The fraction of sp³-hybridized carbons (Fsp3) is 0.500. The van der Waals surface area contributed by atoms with E-state index in [0.29, 0.717) is 17.8 Å². The predicted octanol–water partition coefficient (Wildman–Crippen LogP) is 8.61. The molecule has 3 aromatic rings. The Labute approximate surface area is 283 Å². The van der Waals surface area contributed by atoms with Crippen LogP contribution in [0.2, 0.25) is 0 Å². The number of nitrogens with one attached hydrogen (secondary N) is 1. The van der Waals surface area contributed by atoms with Gasteiger partial charge in [-0.25, -0.2) is 9.78 Å². The molecular formula is C40H46N4O4. The third-order valence-electron chi connectivity index (χ3n) is 10.7. The first-order chi connectivity index (χ1) is 22.8. The standard InChI is InChI=1S/C40H46N4O4/c1-39(2,3)47-37(45)35-29-15-26(29)16-30(35)31-17-28(20-41-31)24-9-7-22(8-10-24)23-11-13-25(14-12-23)32-21-42-36(43-32)34-19-27-18-33(27)44(34)38(46)48-40(4,5)6/h7-14,20-21,26-27,29-30,33-35H,15-19H2,1-6H3,(H,42,43)/t26-,27-,29-,30+,33-,34+,35?/m1/s1. The van der Waals surface area contributed by atoms with Crippen LogP contribution in [0.3, 0.4) is 0 Å². The van der Waals surface area contributed by atoms with Crippen LogP contribution in [-0.2, 0) is 14.3 Å². The Balaban J connectivity index is 0.905. The zero-order chi connectivity index (χ0) is 33.5. The lowest BCUT2D eigenvalue weighted by atomic mass is 9.84. The number of hydrogen-bond acceptors (Lipinski definition) is 6. The molecule has 3 aliphatic carbocycles. The van der Waals surface area contributed by atoms with E-state index in [4.69, 9.17) is 19.5 Å². The van der Waals surface area contributed by atoms with Crippen molar-refractivity contribution in [1.29, 1.82) is 0 Å². The first-order valence-electron chi connectivity index (χ1n) is 17.6. The van der Waals surface area contributed by atoms with Crippen molar-refractivity contribution in [2.24, 2.45) is 34.6 Å². The molecule has 3 heterocycles. The highest BCUT2D eigenvalue weighted by atomic mass is 16.6. The van der Waals surface area contributed by atoms with Gasteiger partial charge in [0.1, 0.15) is 17.0 Å². The van der Waals surface area contributed by atoms with E-state index in [0.717, 1.165) is 66.0 Å². The molecule has 1 N–H and O–H groups in total. The van der Waals surface area contributed by atoms with Crippen LogP contribution in [0.25, 0.3) is 28.0 Å². The summed E-state index contributed by atoms with van der Waals surface area (Å²) in [4.78, 5) is 41.1. The maximum absolute atomic E-state index is 13.1. The SMILES string of the molecule is CC(C)(C)OC(=O)C1[C@H](C2=NC=C(c3ccc(-c4ccc(-c5cnc([C@@H]6C[C@H]7C[C@H]7N6C(=O)OC(C)(C)C)[nH]5)cc4)cc3)C2)C[C@H]2C[C@@H]12. The summed E-state index contributed by atoms with van der Waals surface area (Å²) in [6.07, 6.45) is 8.58. The van der Waals surface area contributed by atoms with Crippen molar-refractivity contribution < 1.29 is 19.1 Å². The average Bonchev–Trinajstić information content (AvgIpc) is 3.62. The van der Waals surface area contributed by atoms with Gasteiger partial charge < -0.3 is 14.5 Å². The molecule has 2 aliphatic heterocycles. The van der Waals surface area contributed by atoms with Gasteiger partial charge in [-0.1, -0.05) is 48.5 Å². The monoisotopic (exact) mass is 646 g/mol. The van der Waals surface area contributed by atoms with Crippen LogP contribution in [0.1, 0.15) is 91.1 Å². The number of ether oxygens (including phenoxy) is 2. The molecule has 0 radical (unpaired) electrons. The number of rotatable bonds is 6. The van der Waals surface area contributed by atoms with Crippen LogP contribution in [0.15, 0.2) is 65.9 Å². The topological polar surface area (TPSA) is 96.9 Å². The van der Waals surface area contributed by atoms with Crippen molar-refractivity contribution in [2.75, 3.05) is 0 Å². The third-order valence-corrected chi connectivity index (χ3v) is 10.7. The van der Waals surface area contributed by atoms with Gasteiger partial charge in [0.15, 0.2) is 0 Å². The van der Waals surface area contributed by atoms with Crippen molar-refractivity contribution in [2.45, 2.75) is 96.9 Å². The number of piperidine rings is 1. The lowest BCUT2D eigenvalue weighted by Gasteiger charge is -2.29. The maximum Gasteiger partial charge on any atom is 0.411 e. The lowest BCUT2D eigenvalue weighted by molar-refractivity contribution is -0.161. The van der Waals surface area contributed by atoms with Crippen LogP contribution in [0, 0.1) is 29.6 Å². The zero-order valence-electron chi connectivity index (χ0n) is 28.8. The van der Waals surface area contributed by atoms with Crippen molar-refractivity contribution >= 4 is 23.3 Å². The van der Waals surface area contributed by atoms with Crippen molar-refractivity contribution in [3.63, 3.8) is 0 Å². The predicted molar refractivity (Wildman–Crippen MR) is 186 cm³/mol. The fourth-order valence-electron chi connectivity index (χ4n) is 8.31. The van der Waals surface area contributed by atoms with E-state index in [1.54, 1.807) is 0 Å². The maximum atomic E-state index is 13.1. The number of amides is 1. The van der Waals surface area contributed by atoms with E-state index < -0.39 is 11.2 Å². The number of hydrogen-bond donors (Lipinski definition) is 1. The van der Waals surface area contributed by atoms with Crippen LogP contribution in [0.4, 0.5) is 4.79 Å². The summed E-state index contributed by atoms with van der Waals surface area (Å²) < 4.78 is 11.6. The third kappa shape index (κ3) is 5.99. The van der Waals surface area contributed by atoms with Gasteiger partial charge in [-0.15, -0.1) is 0 Å². The molecule has 3 saturated carbocycles. The summed E-state index contributed by atoms with van der Waals surface area (Å²) in [6.45, 7) is 11.6. The van der Waals surface area contributed by atoms with Crippen LogP contribution in [0.5, 0.6) is 0 Å². The fourth-order valence-corrected chi connectivity index (χ4v) is 8.31. The van der Waals surface area contributed by atoms with Crippen molar-refractivity contribution in [3.8, 4) is 22.4 Å². The molecule has 5 aliphatic rings. The molecule has 1 aromatic heterocycles. The van der Waals surface area contributed by atoms with Gasteiger partial charge in [0.25, 0.3) is 0 Å². The van der Waals surface area contributed by atoms with Gasteiger partial charge in [-0.2, -0.15) is 0 Å². The lowest BCUT2D eigenvalue weighted by Crippen LogP contribution is -2.38. The molecule has 48 heavy (non-hydrogen) atoms. The van der Waals surface area contributed by atoms with Crippen molar-refractivity contribution in [1.82, 2.24) is 14.9 Å². The largest absolute Gasteiger partial charge is 0.460 e. The normalized spacial score (nSPS) is 28.8. The molecule has 250 valence electrons. The number of imidazole rings is 1. The van der Waals surface area contributed by atoms with E-state index in [2.05, 4.69) is 53.5 Å². The number of allylic oxidation sites excluding steroid dienone is 1. The van der Waals surface area contributed by atoms with Gasteiger partial charge in [0, 0.05) is 30.3 Å². The van der Waals surface area contributed by atoms with Gasteiger partial charge in [-0.05, 0) is 113 Å². The molecule has 1 unspecified atom stereocenters. The molecule has 8 rings (SSSR count). The number of fused-ring (bicyclic) bond motifs is 2. The molecular weight excluding hydrogens is 600 g/mol. The number of aromatic amines is 1. The van der Waals surface area contributed by atoms with Gasteiger partial charge in [0.2, 0.25) is 0 Å². The van der Waals surface area contributed by atoms with E-state index in [-0.39, 0.29) is 36.0 Å². The molecule has 0 spiro atoms. The second-order valence-electron chi connectivity index (χ2n) is 16.6. The zero-order valence-corrected chi connectivity index (χ0v) is 28.8. The average molecular weight is 647 g/mol. The second kappa shape index (κ2) is 11.2. The number of benzene rings is 2. The number of esters is 1. The summed E-state index contributed by atoms with van der Waals surface area (Å²) in [5.41, 5.74) is 6.79. The molecule has 2 aromatic carbocycles. The summed E-state index contributed by atoms with van der Waals surface area (Å²) in [7, 11) is 0. The molecule has 8 nitrogen and oxygen atoms in total. The van der Waals surface area contributed by atoms with Gasteiger partial charge >= 0.3 is 12.1 Å². The van der Waals surface area contributed by atoms with Gasteiger partial charge in [-0.3, -0.25) is 14.7 Å². The van der Waals surface area contributed by atoms with Crippen LogP contribution in [-0.4, -0.2) is 49.9 Å². The second-order valence-corrected chi connectivity index (χ2v) is 16.6. The van der Waals surface area contributed by atoms with E-state index in [1.807, 2.05) is 58.8 Å². The Hall–Kier alpha value is -4.20. The number of aromatic nitrogens is 2.